The van der Waals surface area contributed by atoms with E-state index in [0.717, 1.165) is 11.3 Å². The van der Waals surface area contributed by atoms with E-state index in [2.05, 4.69) is 25.6 Å². The fraction of sp³-hybridized carbons (Fsp3) is 0.294. The van der Waals surface area contributed by atoms with E-state index in [1.54, 1.807) is 25.2 Å². The molecule has 25 heavy (non-hydrogen) atoms. The molecule has 1 aromatic carbocycles. The number of H-pyrrole nitrogens is 1. The summed E-state index contributed by atoms with van der Waals surface area (Å²) >= 11 is 0. The van der Waals surface area contributed by atoms with Crippen LogP contribution >= 0.6 is 0 Å². The highest BCUT2D eigenvalue weighted by Crippen LogP contribution is 2.15. The maximum Gasteiger partial charge on any atom is 0.276 e. The van der Waals surface area contributed by atoms with Gasteiger partial charge >= 0.3 is 0 Å². The monoisotopic (exact) mass is 342 g/mol. The van der Waals surface area contributed by atoms with Crippen LogP contribution in [0.25, 0.3) is 0 Å². The molecule has 2 N–H and O–H groups in total. The number of nitrogens with zero attached hydrogens (tertiary/aromatic N) is 4. The molecule has 0 aliphatic rings. The van der Waals surface area contributed by atoms with Crippen molar-refractivity contribution in [3.63, 3.8) is 0 Å². The predicted molar refractivity (Wildman–Crippen MR) is 90.8 cm³/mol. The van der Waals surface area contributed by atoms with Crippen molar-refractivity contribution in [1.82, 2.24) is 25.0 Å². The number of carbonyl (C=O) groups is 1. The number of carbonyl (C=O) groups excluding carboxylic acids is 1. The Labute approximate surface area is 144 Å². The van der Waals surface area contributed by atoms with Crippen LogP contribution in [0.3, 0.4) is 0 Å². The number of amides is 1. The van der Waals surface area contributed by atoms with E-state index in [0.29, 0.717) is 17.9 Å². The smallest absolute Gasteiger partial charge is 0.276 e. The van der Waals surface area contributed by atoms with Gasteiger partial charge < -0.3 is 0 Å². The van der Waals surface area contributed by atoms with Crippen molar-refractivity contribution < 1.29 is 9.18 Å². The molecule has 3 aromatic rings. The fourth-order valence-electron chi connectivity index (χ4n) is 2.38. The molecule has 0 radical (unpaired) electrons. The van der Waals surface area contributed by atoms with E-state index in [4.69, 9.17) is 0 Å². The number of hydrogen-bond donors (Lipinski definition) is 2. The summed E-state index contributed by atoms with van der Waals surface area (Å²) in [4.78, 5) is 16.6. The number of nitrogens with one attached hydrogen (secondary N) is 2. The lowest BCUT2D eigenvalue weighted by atomic mass is 10.1. The van der Waals surface area contributed by atoms with Crippen LogP contribution in [0.15, 0.2) is 30.3 Å². The van der Waals surface area contributed by atoms with Crippen LogP contribution in [-0.4, -0.2) is 30.9 Å². The zero-order chi connectivity index (χ0) is 18.0. The number of halogens is 1. The summed E-state index contributed by atoms with van der Waals surface area (Å²) in [5, 5.41) is 13.7. The van der Waals surface area contributed by atoms with E-state index < -0.39 is 0 Å². The summed E-state index contributed by atoms with van der Waals surface area (Å²) in [7, 11) is 1.72. The Bertz CT molecular complexity index is 881. The summed E-state index contributed by atoms with van der Waals surface area (Å²) in [6.07, 6.45) is 0.465. The van der Waals surface area contributed by atoms with Gasteiger partial charge in [-0.25, -0.2) is 4.39 Å². The maximum absolute atomic E-state index is 12.9. The topological polar surface area (TPSA) is 88.5 Å². The molecule has 2 aromatic heterocycles. The molecular weight excluding hydrogens is 323 g/mol. The highest BCUT2D eigenvalue weighted by Gasteiger charge is 2.16. The molecule has 0 bridgehead atoms. The molecule has 1 amide bonds. The largest absolute Gasteiger partial charge is 0.288 e. The third kappa shape index (κ3) is 3.90. The van der Waals surface area contributed by atoms with Crippen LogP contribution in [0, 0.1) is 5.82 Å². The minimum absolute atomic E-state index is 0.189. The number of aromatic nitrogens is 5. The number of anilines is 1. The van der Waals surface area contributed by atoms with Gasteiger partial charge in [-0.2, -0.15) is 10.1 Å². The maximum atomic E-state index is 12.9. The summed E-state index contributed by atoms with van der Waals surface area (Å²) < 4.78 is 14.5. The molecule has 0 fully saturated rings. The molecule has 0 aliphatic heterocycles. The Hall–Kier alpha value is -3.03. The van der Waals surface area contributed by atoms with Crippen LogP contribution in [0.4, 0.5) is 10.3 Å². The first-order chi connectivity index (χ1) is 11.9. The number of aromatic amines is 1. The molecule has 0 saturated heterocycles. The van der Waals surface area contributed by atoms with Gasteiger partial charge in [0.1, 0.15) is 17.3 Å². The minimum atomic E-state index is -0.325. The second-order valence-corrected chi connectivity index (χ2v) is 6.10. The lowest BCUT2D eigenvalue weighted by molar-refractivity contribution is 0.101. The van der Waals surface area contributed by atoms with Gasteiger partial charge in [-0.3, -0.25) is 19.9 Å². The van der Waals surface area contributed by atoms with Gasteiger partial charge in [-0.15, -0.1) is 5.10 Å². The van der Waals surface area contributed by atoms with Crippen molar-refractivity contribution in [2.75, 3.05) is 5.32 Å². The van der Waals surface area contributed by atoms with E-state index in [1.165, 1.54) is 16.8 Å². The molecule has 0 unspecified atom stereocenters. The molecule has 3 rings (SSSR count). The fourth-order valence-corrected chi connectivity index (χ4v) is 2.38. The highest BCUT2D eigenvalue weighted by molar-refractivity contribution is 6.02. The van der Waals surface area contributed by atoms with Gasteiger partial charge in [-0.05, 0) is 29.7 Å². The number of hydrogen-bond acceptors (Lipinski definition) is 4. The summed E-state index contributed by atoms with van der Waals surface area (Å²) in [6.45, 7) is 4.03. The lowest BCUT2D eigenvalue weighted by Crippen LogP contribution is -2.16. The molecule has 0 spiro atoms. The molecule has 0 atom stereocenters. The highest BCUT2D eigenvalue weighted by atomic mass is 19.1. The summed E-state index contributed by atoms with van der Waals surface area (Å²) in [5.41, 5.74) is 2.18. The van der Waals surface area contributed by atoms with Crippen LogP contribution in [-0.2, 0) is 13.5 Å². The van der Waals surface area contributed by atoms with Crippen molar-refractivity contribution >= 4 is 11.9 Å². The zero-order valence-corrected chi connectivity index (χ0v) is 14.2. The Kier molecular flexibility index (Phi) is 4.60. The Morgan fingerprint density at radius 3 is 2.68 bits per heavy atom. The Morgan fingerprint density at radius 1 is 1.32 bits per heavy atom. The number of aryl methyl sites for hydroxylation is 1. The Morgan fingerprint density at radius 2 is 2.04 bits per heavy atom. The quantitative estimate of drug-likeness (QED) is 0.746. The van der Waals surface area contributed by atoms with Crippen molar-refractivity contribution in [2.45, 2.75) is 26.2 Å². The molecular formula is C17H19FN6O. The molecule has 0 saturated carbocycles. The van der Waals surface area contributed by atoms with E-state index >= 15 is 0 Å². The zero-order valence-electron chi connectivity index (χ0n) is 14.2. The molecule has 130 valence electrons. The van der Waals surface area contributed by atoms with Gasteiger partial charge in [0.2, 0.25) is 5.95 Å². The molecule has 8 heteroatoms. The third-order valence-corrected chi connectivity index (χ3v) is 3.76. The van der Waals surface area contributed by atoms with E-state index in [1.807, 2.05) is 13.8 Å². The minimum Gasteiger partial charge on any atom is -0.288 e. The summed E-state index contributed by atoms with van der Waals surface area (Å²) in [5.74, 6) is 0.392. The van der Waals surface area contributed by atoms with Crippen LogP contribution in [0.1, 0.15) is 47.3 Å². The predicted octanol–water partition coefficient (Wildman–Crippen LogP) is 2.64. The van der Waals surface area contributed by atoms with Crippen molar-refractivity contribution in [3.05, 3.63) is 58.9 Å². The first-order valence-corrected chi connectivity index (χ1v) is 7.93. The number of benzene rings is 1. The van der Waals surface area contributed by atoms with E-state index in [9.17, 15) is 9.18 Å². The summed E-state index contributed by atoms with van der Waals surface area (Å²) in [6, 6.07) is 7.90. The molecule has 2 heterocycles. The average molecular weight is 342 g/mol. The van der Waals surface area contributed by atoms with Gasteiger partial charge in [0.05, 0.1) is 5.69 Å². The second kappa shape index (κ2) is 6.84. The van der Waals surface area contributed by atoms with Gasteiger partial charge in [0, 0.05) is 13.5 Å². The number of rotatable bonds is 5. The molecule has 7 nitrogen and oxygen atoms in total. The lowest BCUT2D eigenvalue weighted by Gasteiger charge is -2.00. The van der Waals surface area contributed by atoms with Gasteiger partial charge in [-0.1, -0.05) is 26.0 Å². The second-order valence-electron chi connectivity index (χ2n) is 6.10. The van der Waals surface area contributed by atoms with Gasteiger partial charge in [0.25, 0.3) is 5.91 Å². The van der Waals surface area contributed by atoms with Crippen molar-refractivity contribution in [1.29, 1.82) is 0 Å². The standard InChI is InChI=1S/C17H19FN6O/c1-10(2)13-9-14(24(3)23-13)16(25)20-17-19-15(21-22-17)8-11-4-6-12(18)7-5-11/h4-7,9-10H,8H2,1-3H3,(H2,19,20,21,22,25). The van der Waals surface area contributed by atoms with E-state index in [-0.39, 0.29) is 23.6 Å². The Balaban J connectivity index is 1.68. The SMILES string of the molecule is CC(C)c1cc(C(=O)Nc2n[nH]c(Cc3ccc(F)cc3)n2)n(C)n1. The first-order valence-electron chi connectivity index (χ1n) is 7.93. The normalized spacial score (nSPS) is 11.1. The van der Waals surface area contributed by atoms with Crippen molar-refractivity contribution in [3.8, 4) is 0 Å². The third-order valence-electron chi connectivity index (χ3n) is 3.76. The van der Waals surface area contributed by atoms with Crippen LogP contribution in [0.2, 0.25) is 0 Å². The average Bonchev–Trinajstić information content (AvgIpc) is 3.16. The van der Waals surface area contributed by atoms with Gasteiger partial charge in [0.15, 0.2) is 0 Å². The van der Waals surface area contributed by atoms with Crippen LogP contribution < -0.4 is 5.32 Å². The van der Waals surface area contributed by atoms with Crippen molar-refractivity contribution in [2.24, 2.45) is 7.05 Å². The first kappa shape index (κ1) is 16.8. The van der Waals surface area contributed by atoms with Crippen LogP contribution in [0.5, 0.6) is 0 Å². The molecule has 0 aliphatic carbocycles.